The summed E-state index contributed by atoms with van der Waals surface area (Å²) in [4.78, 5) is 31.5. The molecule has 1 unspecified atom stereocenters. The van der Waals surface area contributed by atoms with Gasteiger partial charge < -0.3 is 4.74 Å². The molecule has 0 spiro atoms. The molecule has 26 heavy (non-hydrogen) atoms. The first-order chi connectivity index (χ1) is 12.6. The number of amides is 1. The molecule has 1 heterocycles. The number of nitrogens with zero attached hydrogens (tertiary/aromatic N) is 2. The summed E-state index contributed by atoms with van der Waals surface area (Å²) >= 11 is 7.46. The molecule has 7 heteroatoms. The molecule has 138 valence electrons. The third kappa shape index (κ3) is 4.24. The number of benzene rings is 1. The summed E-state index contributed by atoms with van der Waals surface area (Å²) in [5.74, 6) is -0.841. The summed E-state index contributed by atoms with van der Waals surface area (Å²) in [6.45, 7) is 1.60. The molecule has 0 aliphatic heterocycles. The first-order valence-electron chi connectivity index (χ1n) is 8.76. The van der Waals surface area contributed by atoms with Crippen LogP contribution in [0, 0.1) is 0 Å². The zero-order valence-electron chi connectivity index (χ0n) is 14.6. The maximum Gasteiger partial charge on any atom is 0.340 e. The minimum Gasteiger partial charge on any atom is -0.449 e. The minimum absolute atomic E-state index is 0.101. The lowest BCUT2D eigenvalue weighted by molar-refractivity contribution is -0.127. The van der Waals surface area contributed by atoms with Crippen molar-refractivity contribution in [1.82, 2.24) is 4.98 Å². The van der Waals surface area contributed by atoms with E-state index in [9.17, 15) is 9.59 Å². The van der Waals surface area contributed by atoms with Crippen LogP contribution < -0.4 is 4.90 Å². The Morgan fingerprint density at radius 1 is 1.27 bits per heavy atom. The molecule has 1 amide bonds. The molecule has 1 saturated carbocycles. The van der Waals surface area contributed by atoms with Gasteiger partial charge in [0.15, 0.2) is 11.2 Å². The van der Waals surface area contributed by atoms with Crippen molar-refractivity contribution in [2.45, 2.75) is 51.2 Å². The lowest BCUT2D eigenvalue weighted by Gasteiger charge is -2.33. The van der Waals surface area contributed by atoms with Crippen LogP contribution in [0.3, 0.4) is 0 Å². The summed E-state index contributed by atoms with van der Waals surface area (Å²) in [6.07, 6.45) is 6.02. The van der Waals surface area contributed by atoms with E-state index in [-0.39, 0.29) is 17.5 Å². The van der Waals surface area contributed by atoms with Crippen molar-refractivity contribution >= 4 is 39.9 Å². The molecule has 1 aromatic carbocycles. The lowest BCUT2D eigenvalue weighted by Crippen LogP contribution is -2.47. The van der Waals surface area contributed by atoms with Crippen molar-refractivity contribution in [2.75, 3.05) is 4.90 Å². The second-order valence-corrected chi connectivity index (χ2v) is 7.62. The number of halogens is 1. The van der Waals surface area contributed by atoms with Gasteiger partial charge >= 0.3 is 5.97 Å². The summed E-state index contributed by atoms with van der Waals surface area (Å²) in [5, 5.41) is 2.81. The van der Waals surface area contributed by atoms with Gasteiger partial charge in [0, 0.05) is 17.6 Å². The third-order valence-corrected chi connectivity index (χ3v) is 5.63. The van der Waals surface area contributed by atoms with E-state index in [1.807, 2.05) is 5.38 Å². The largest absolute Gasteiger partial charge is 0.449 e. The summed E-state index contributed by atoms with van der Waals surface area (Å²) in [5.41, 5.74) is 0.257. The van der Waals surface area contributed by atoms with Crippen LogP contribution in [-0.2, 0) is 9.53 Å². The van der Waals surface area contributed by atoms with E-state index in [1.165, 1.54) is 17.8 Å². The van der Waals surface area contributed by atoms with Crippen LogP contribution in [0.15, 0.2) is 35.8 Å². The Morgan fingerprint density at radius 3 is 2.65 bits per heavy atom. The Hall–Kier alpha value is -1.92. The molecule has 1 aliphatic rings. The van der Waals surface area contributed by atoms with E-state index in [1.54, 1.807) is 42.3 Å². The lowest BCUT2D eigenvalue weighted by atomic mass is 9.94. The van der Waals surface area contributed by atoms with Crippen LogP contribution >= 0.6 is 22.9 Å². The van der Waals surface area contributed by atoms with Gasteiger partial charge in [-0.1, -0.05) is 43.0 Å². The Kier molecular flexibility index (Phi) is 6.27. The van der Waals surface area contributed by atoms with Gasteiger partial charge in [0.2, 0.25) is 0 Å². The summed E-state index contributed by atoms with van der Waals surface area (Å²) < 4.78 is 5.41. The Morgan fingerprint density at radius 2 is 2.00 bits per heavy atom. The van der Waals surface area contributed by atoms with Crippen LogP contribution in [0.4, 0.5) is 5.13 Å². The quantitative estimate of drug-likeness (QED) is 0.691. The number of anilines is 1. The Balaban J connectivity index is 1.75. The number of esters is 1. The number of hydrogen-bond donors (Lipinski definition) is 0. The van der Waals surface area contributed by atoms with Gasteiger partial charge in [-0.2, -0.15) is 0 Å². The van der Waals surface area contributed by atoms with E-state index >= 15 is 0 Å². The van der Waals surface area contributed by atoms with E-state index in [4.69, 9.17) is 16.3 Å². The average Bonchev–Trinajstić information content (AvgIpc) is 3.17. The predicted octanol–water partition coefficient (Wildman–Crippen LogP) is 4.71. The van der Waals surface area contributed by atoms with Gasteiger partial charge in [-0.15, -0.1) is 11.3 Å². The number of carbonyl (C=O) groups excluding carboxylic acids is 2. The zero-order chi connectivity index (χ0) is 18.5. The molecule has 3 rings (SSSR count). The van der Waals surface area contributed by atoms with Crippen LogP contribution in [0.25, 0.3) is 0 Å². The van der Waals surface area contributed by atoms with E-state index < -0.39 is 12.1 Å². The second kappa shape index (κ2) is 8.64. The molecule has 0 saturated heterocycles. The fourth-order valence-corrected chi connectivity index (χ4v) is 4.13. The van der Waals surface area contributed by atoms with Crippen molar-refractivity contribution < 1.29 is 14.3 Å². The van der Waals surface area contributed by atoms with Crippen LogP contribution in [-0.4, -0.2) is 29.0 Å². The topological polar surface area (TPSA) is 59.5 Å². The standard InChI is InChI=1S/C19H21ClN2O3S/c1-13(25-18(24)15-9-5-6-10-16(15)20)17(23)22(19-21-11-12-26-19)14-7-3-2-4-8-14/h5-6,9-14H,2-4,7-8H2,1H3. The molecular weight excluding hydrogens is 372 g/mol. The molecule has 0 bridgehead atoms. The SMILES string of the molecule is CC(OC(=O)c1ccccc1Cl)C(=O)N(c1nccs1)C1CCCCC1. The van der Waals surface area contributed by atoms with Crippen molar-refractivity contribution in [3.8, 4) is 0 Å². The highest BCUT2D eigenvalue weighted by Gasteiger charge is 2.33. The summed E-state index contributed by atoms with van der Waals surface area (Å²) in [7, 11) is 0. The Bertz CT molecular complexity index is 760. The number of thiazole rings is 1. The van der Waals surface area contributed by atoms with Gasteiger partial charge in [0.05, 0.1) is 10.6 Å². The average molecular weight is 393 g/mol. The normalized spacial score (nSPS) is 16.1. The maximum atomic E-state index is 13.1. The fraction of sp³-hybridized carbons (Fsp3) is 0.421. The second-order valence-electron chi connectivity index (χ2n) is 6.34. The van der Waals surface area contributed by atoms with Gasteiger partial charge in [-0.05, 0) is 31.9 Å². The minimum atomic E-state index is -0.912. The number of rotatable bonds is 5. The maximum absolute atomic E-state index is 13.1. The monoisotopic (exact) mass is 392 g/mol. The highest BCUT2D eigenvalue weighted by Crippen LogP contribution is 2.30. The van der Waals surface area contributed by atoms with Gasteiger partial charge in [0.1, 0.15) is 0 Å². The smallest absolute Gasteiger partial charge is 0.340 e. The van der Waals surface area contributed by atoms with Crippen LogP contribution in [0.2, 0.25) is 5.02 Å². The number of ether oxygens (including phenoxy) is 1. The van der Waals surface area contributed by atoms with Gasteiger partial charge in [-0.25, -0.2) is 9.78 Å². The van der Waals surface area contributed by atoms with E-state index in [2.05, 4.69) is 4.98 Å². The number of aromatic nitrogens is 1. The number of hydrogen-bond acceptors (Lipinski definition) is 5. The Labute approximate surface area is 161 Å². The summed E-state index contributed by atoms with van der Waals surface area (Å²) in [6, 6.07) is 6.75. The fourth-order valence-electron chi connectivity index (χ4n) is 3.20. The third-order valence-electron chi connectivity index (χ3n) is 4.53. The van der Waals surface area contributed by atoms with Crippen LogP contribution in [0.1, 0.15) is 49.4 Å². The van der Waals surface area contributed by atoms with Crippen molar-refractivity contribution in [3.63, 3.8) is 0 Å². The molecule has 1 fully saturated rings. The highest BCUT2D eigenvalue weighted by atomic mass is 35.5. The van der Waals surface area contributed by atoms with Gasteiger partial charge in [-0.3, -0.25) is 9.69 Å². The van der Waals surface area contributed by atoms with Gasteiger partial charge in [0.25, 0.3) is 5.91 Å². The first-order valence-corrected chi connectivity index (χ1v) is 10.0. The predicted molar refractivity (Wildman–Crippen MR) is 103 cm³/mol. The molecule has 0 N–H and O–H groups in total. The van der Waals surface area contributed by atoms with E-state index in [0.29, 0.717) is 10.2 Å². The van der Waals surface area contributed by atoms with Crippen molar-refractivity contribution in [3.05, 3.63) is 46.4 Å². The zero-order valence-corrected chi connectivity index (χ0v) is 16.1. The van der Waals surface area contributed by atoms with Crippen molar-refractivity contribution in [2.24, 2.45) is 0 Å². The first kappa shape index (κ1) is 18.9. The molecule has 0 radical (unpaired) electrons. The molecular formula is C19H21ClN2O3S. The molecule has 1 atom stereocenters. The molecule has 2 aromatic rings. The van der Waals surface area contributed by atoms with E-state index in [0.717, 1.165) is 25.7 Å². The molecule has 5 nitrogen and oxygen atoms in total. The van der Waals surface area contributed by atoms with Crippen molar-refractivity contribution in [1.29, 1.82) is 0 Å². The number of carbonyl (C=O) groups is 2. The van der Waals surface area contributed by atoms with Crippen LogP contribution in [0.5, 0.6) is 0 Å². The highest BCUT2D eigenvalue weighted by molar-refractivity contribution is 7.13. The molecule has 1 aliphatic carbocycles. The molecule has 1 aromatic heterocycles.